The standard InChI is InChI=1S/C27H24N4O3/c1-16-7-10-19(11-8-16)29-26(32)24-17(2)28-27-30-20-5-3-4-6-21(20)31(27)25(24)18-9-12-22-23(15-18)34-14-13-33-22/h3-12,15,25H,13-14H2,1-2H3,(H,28,30)(H,29,32). The van der Waals surface area contributed by atoms with E-state index >= 15 is 0 Å². The number of nitrogens with one attached hydrogen (secondary N) is 2. The minimum atomic E-state index is -0.398. The lowest BCUT2D eigenvalue weighted by atomic mass is 9.93. The van der Waals surface area contributed by atoms with Crippen molar-refractivity contribution in [3.63, 3.8) is 0 Å². The Morgan fingerprint density at radius 1 is 1.00 bits per heavy atom. The van der Waals surface area contributed by atoms with E-state index in [9.17, 15) is 4.79 Å². The number of allylic oxidation sites excluding steroid dienone is 1. The number of aryl methyl sites for hydroxylation is 1. The van der Waals surface area contributed by atoms with Gasteiger partial charge in [0, 0.05) is 11.4 Å². The molecular formula is C27H24N4O3. The lowest BCUT2D eigenvalue weighted by Gasteiger charge is -2.31. The van der Waals surface area contributed by atoms with E-state index in [1.165, 1.54) is 0 Å². The monoisotopic (exact) mass is 452 g/mol. The molecule has 2 aliphatic rings. The lowest BCUT2D eigenvalue weighted by molar-refractivity contribution is -0.113. The van der Waals surface area contributed by atoms with E-state index in [1.807, 2.05) is 80.6 Å². The summed E-state index contributed by atoms with van der Waals surface area (Å²) in [6, 6.07) is 21.2. The molecule has 3 aromatic carbocycles. The first-order valence-corrected chi connectivity index (χ1v) is 11.3. The zero-order valence-corrected chi connectivity index (χ0v) is 19.0. The third-order valence-corrected chi connectivity index (χ3v) is 6.27. The average Bonchev–Trinajstić information content (AvgIpc) is 3.22. The summed E-state index contributed by atoms with van der Waals surface area (Å²) in [6.07, 6.45) is 0. The molecule has 0 aliphatic carbocycles. The highest BCUT2D eigenvalue weighted by atomic mass is 16.6. The minimum absolute atomic E-state index is 0.169. The van der Waals surface area contributed by atoms with E-state index in [2.05, 4.69) is 15.2 Å². The fourth-order valence-corrected chi connectivity index (χ4v) is 4.64. The number of rotatable bonds is 3. The molecular weight excluding hydrogens is 428 g/mol. The molecule has 0 saturated carbocycles. The number of hydrogen-bond donors (Lipinski definition) is 2. The summed E-state index contributed by atoms with van der Waals surface area (Å²) in [5, 5.41) is 6.43. The number of fused-ring (bicyclic) bond motifs is 4. The number of carbonyl (C=O) groups excluding carboxylic acids is 1. The van der Waals surface area contributed by atoms with E-state index in [0.29, 0.717) is 36.2 Å². The van der Waals surface area contributed by atoms with Crippen molar-refractivity contribution in [3.8, 4) is 11.5 Å². The molecule has 170 valence electrons. The second-order valence-electron chi connectivity index (χ2n) is 8.58. The average molecular weight is 453 g/mol. The zero-order chi connectivity index (χ0) is 23.2. The van der Waals surface area contributed by atoms with Crippen molar-refractivity contribution in [2.45, 2.75) is 19.9 Å². The van der Waals surface area contributed by atoms with Gasteiger partial charge in [0.15, 0.2) is 11.5 Å². The Morgan fingerprint density at radius 3 is 2.59 bits per heavy atom. The molecule has 0 spiro atoms. The van der Waals surface area contributed by atoms with Crippen molar-refractivity contribution in [3.05, 3.63) is 89.1 Å². The predicted octanol–water partition coefficient (Wildman–Crippen LogP) is 5.04. The van der Waals surface area contributed by atoms with E-state index in [0.717, 1.165) is 33.5 Å². The Kier molecular flexibility index (Phi) is 4.76. The number of aromatic nitrogens is 2. The number of imidazole rings is 1. The molecule has 34 heavy (non-hydrogen) atoms. The zero-order valence-electron chi connectivity index (χ0n) is 19.0. The number of nitrogens with zero attached hydrogens (tertiary/aromatic N) is 2. The van der Waals surface area contributed by atoms with Gasteiger partial charge in [0.1, 0.15) is 13.2 Å². The van der Waals surface area contributed by atoms with Crippen LogP contribution in [0.1, 0.15) is 24.1 Å². The predicted molar refractivity (Wildman–Crippen MR) is 131 cm³/mol. The summed E-state index contributed by atoms with van der Waals surface area (Å²) < 4.78 is 13.7. The van der Waals surface area contributed by atoms with Gasteiger partial charge in [0.2, 0.25) is 5.95 Å². The first-order valence-electron chi connectivity index (χ1n) is 11.3. The maximum atomic E-state index is 13.7. The van der Waals surface area contributed by atoms with Crippen LogP contribution in [0.3, 0.4) is 0 Å². The van der Waals surface area contributed by atoms with Crippen LogP contribution in [0, 0.1) is 6.92 Å². The van der Waals surface area contributed by atoms with Gasteiger partial charge in [-0.1, -0.05) is 35.9 Å². The molecule has 0 bridgehead atoms. The summed E-state index contributed by atoms with van der Waals surface area (Å²) in [5.41, 5.74) is 5.98. The van der Waals surface area contributed by atoms with Gasteiger partial charge in [-0.05, 0) is 55.8 Å². The molecule has 0 saturated heterocycles. The SMILES string of the molecule is CC1=C(C(=O)Nc2ccc(C)cc2)C(c2ccc3c(c2)OCCO3)n2c(nc3ccccc32)N1. The second-order valence-corrected chi connectivity index (χ2v) is 8.58. The second kappa shape index (κ2) is 7.95. The summed E-state index contributed by atoms with van der Waals surface area (Å²) in [4.78, 5) is 18.5. The van der Waals surface area contributed by atoms with Gasteiger partial charge in [-0.25, -0.2) is 4.98 Å². The number of amides is 1. The van der Waals surface area contributed by atoms with Crippen LogP contribution in [0.25, 0.3) is 11.0 Å². The Bertz CT molecular complexity index is 1450. The lowest BCUT2D eigenvalue weighted by Crippen LogP contribution is -2.31. The van der Waals surface area contributed by atoms with Crippen LogP contribution in [0.5, 0.6) is 11.5 Å². The molecule has 1 aromatic heterocycles. The summed E-state index contributed by atoms with van der Waals surface area (Å²) in [6.45, 7) is 4.96. The van der Waals surface area contributed by atoms with Crippen molar-refractivity contribution in [1.82, 2.24) is 9.55 Å². The minimum Gasteiger partial charge on any atom is -0.486 e. The molecule has 1 amide bonds. The molecule has 7 heteroatoms. The van der Waals surface area contributed by atoms with E-state index in [4.69, 9.17) is 14.5 Å². The van der Waals surface area contributed by atoms with Gasteiger partial charge in [0.25, 0.3) is 5.91 Å². The topological polar surface area (TPSA) is 77.4 Å². The highest BCUT2D eigenvalue weighted by molar-refractivity contribution is 6.06. The molecule has 1 atom stereocenters. The van der Waals surface area contributed by atoms with Crippen molar-refractivity contribution >= 4 is 28.6 Å². The third kappa shape index (κ3) is 3.37. The Balaban J connectivity index is 1.50. The van der Waals surface area contributed by atoms with Crippen molar-refractivity contribution in [2.75, 3.05) is 23.8 Å². The van der Waals surface area contributed by atoms with Gasteiger partial charge in [0.05, 0.1) is 22.6 Å². The number of anilines is 2. The number of hydrogen-bond acceptors (Lipinski definition) is 5. The first kappa shape index (κ1) is 20.4. The molecule has 3 heterocycles. The van der Waals surface area contributed by atoms with Crippen LogP contribution in [0.4, 0.5) is 11.6 Å². The number of para-hydroxylation sites is 2. The van der Waals surface area contributed by atoms with E-state index in [-0.39, 0.29) is 5.91 Å². The Morgan fingerprint density at radius 2 is 1.76 bits per heavy atom. The maximum Gasteiger partial charge on any atom is 0.255 e. The van der Waals surface area contributed by atoms with Crippen LogP contribution in [-0.4, -0.2) is 28.7 Å². The molecule has 2 aliphatic heterocycles. The molecule has 4 aromatic rings. The van der Waals surface area contributed by atoms with Crippen molar-refractivity contribution in [2.24, 2.45) is 0 Å². The van der Waals surface area contributed by atoms with Crippen LogP contribution in [0.15, 0.2) is 78.0 Å². The van der Waals surface area contributed by atoms with Crippen LogP contribution in [-0.2, 0) is 4.79 Å². The highest BCUT2D eigenvalue weighted by Crippen LogP contribution is 2.42. The largest absolute Gasteiger partial charge is 0.486 e. The highest BCUT2D eigenvalue weighted by Gasteiger charge is 2.34. The number of benzene rings is 3. The van der Waals surface area contributed by atoms with Crippen LogP contribution < -0.4 is 20.1 Å². The molecule has 0 fully saturated rings. The van der Waals surface area contributed by atoms with Crippen LogP contribution in [0.2, 0.25) is 0 Å². The van der Waals surface area contributed by atoms with Crippen molar-refractivity contribution in [1.29, 1.82) is 0 Å². The third-order valence-electron chi connectivity index (χ3n) is 6.27. The quantitative estimate of drug-likeness (QED) is 0.455. The summed E-state index contributed by atoms with van der Waals surface area (Å²) in [7, 11) is 0. The molecule has 2 N–H and O–H groups in total. The van der Waals surface area contributed by atoms with Gasteiger partial charge in [-0.2, -0.15) is 0 Å². The first-order chi connectivity index (χ1) is 16.6. The van der Waals surface area contributed by atoms with Crippen molar-refractivity contribution < 1.29 is 14.3 Å². The summed E-state index contributed by atoms with van der Waals surface area (Å²) >= 11 is 0. The van der Waals surface area contributed by atoms with E-state index in [1.54, 1.807) is 0 Å². The van der Waals surface area contributed by atoms with Gasteiger partial charge >= 0.3 is 0 Å². The fourth-order valence-electron chi connectivity index (χ4n) is 4.64. The smallest absolute Gasteiger partial charge is 0.255 e. The number of carbonyl (C=O) groups is 1. The summed E-state index contributed by atoms with van der Waals surface area (Å²) in [5.74, 6) is 1.93. The normalized spacial score (nSPS) is 16.7. The van der Waals surface area contributed by atoms with Gasteiger partial charge in [-0.3, -0.25) is 9.36 Å². The van der Waals surface area contributed by atoms with Gasteiger partial charge in [-0.15, -0.1) is 0 Å². The van der Waals surface area contributed by atoms with Crippen LogP contribution >= 0.6 is 0 Å². The molecule has 7 nitrogen and oxygen atoms in total. The van der Waals surface area contributed by atoms with E-state index < -0.39 is 6.04 Å². The molecule has 6 rings (SSSR count). The fraction of sp³-hybridized carbons (Fsp3) is 0.185. The van der Waals surface area contributed by atoms with Gasteiger partial charge < -0.3 is 20.1 Å². The molecule has 1 unspecified atom stereocenters. The Labute approximate surface area is 197 Å². The Hall–Kier alpha value is -4.26. The molecule has 0 radical (unpaired) electrons. The number of ether oxygens (including phenoxy) is 2. The maximum absolute atomic E-state index is 13.7.